The van der Waals surface area contributed by atoms with Crippen LogP contribution in [0, 0.1) is 5.92 Å². The standard InChI is InChI=1S/C31H39N3O6S/c1-6-27(31(36)32-20-23(2)3)33(21-24-16-18-25(39-4)19-17-24)30(35)22-34(28-14-10-11-15-29(28)40-5)41(37,38)26-12-8-7-9-13-26/h7-19,23,27H,6,20-22H2,1-5H3,(H,32,36). The van der Waals surface area contributed by atoms with Crippen molar-refractivity contribution in [2.45, 2.75) is 44.7 Å². The molecular weight excluding hydrogens is 542 g/mol. The molecule has 0 radical (unpaired) electrons. The molecule has 0 aliphatic heterocycles. The summed E-state index contributed by atoms with van der Waals surface area (Å²) in [5, 5.41) is 2.93. The number of nitrogens with zero attached hydrogens (tertiary/aromatic N) is 2. The molecule has 0 bridgehead atoms. The maximum absolute atomic E-state index is 14.1. The number of rotatable bonds is 14. The summed E-state index contributed by atoms with van der Waals surface area (Å²) in [5.74, 6) is 0.350. The fourth-order valence-corrected chi connectivity index (χ4v) is 5.78. The number of methoxy groups -OCH3 is 2. The second-order valence-electron chi connectivity index (χ2n) is 9.93. The summed E-state index contributed by atoms with van der Waals surface area (Å²) in [5.41, 5.74) is 0.984. The van der Waals surface area contributed by atoms with E-state index in [0.29, 0.717) is 24.5 Å². The van der Waals surface area contributed by atoms with Crippen molar-refractivity contribution in [3.63, 3.8) is 0 Å². The molecule has 1 N–H and O–H groups in total. The fraction of sp³-hybridized carbons (Fsp3) is 0.355. The van der Waals surface area contributed by atoms with Crippen LogP contribution in [-0.4, -0.2) is 58.5 Å². The molecule has 1 atom stereocenters. The Morgan fingerprint density at radius 2 is 1.51 bits per heavy atom. The number of benzene rings is 3. The first-order valence-electron chi connectivity index (χ1n) is 13.5. The highest BCUT2D eigenvalue weighted by Gasteiger charge is 2.34. The van der Waals surface area contributed by atoms with Crippen LogP contribution in [0.4, 0.5) is 5.69 Å². The highest BCUT2D eigenvalue weighted by molar-refractivity contribution is 7.92. The summed E-state index contributed by atoms with van der Waals surface area (Å²) in [6.45, 7) is 5.81. The molecule has 2 amide bonds. The third kappa shape index (κ3) is 8.00. The lowest BCUT2D eigenvalue weighted by molar-refractivity contribution is -0.140. The van der Waals surface area contributed by atoms with Gasteiger partial charge in [0.1, 0.15) is 24.1 Å². The Kier molecular flexibility index (Phi) is 11.2. The van der Waals surface area contributed by atoms with Crippen molar-refractivity contribution in [2.75, 3.05) is 31.6 Å². The van der Waals surface area contributed by atoms with E-state index in [2.05, 4.69) is 5.32 Å². The highest BCUT2D eigenvalue weighted by Crippen LogP contribution is 2.32. The molecule has 3 aromatic carbocycles. The van der Waals surface area contributed by atoms with Gasteiger partial charge in [0.2, 0.25) is 11.8 Å². The minimum absolute atomic E-state index is 0.0297. The van der Waals surface area contributed by atoms with Crippen LogP contribution in [0.15, 0.2) is 83.8 Å². The fourth-order valence-electron chi connectivity index (χ4n) is 4.34. The predicted molar refractivity (Wildman–Crippen MR) is 159 cm³/mol. The van der Waals surface area contributed by atoms with E-state index in [4.69, 9.17) is 9.47 Å². The van der Waals surface area contributed by atoms with Crippen LogP contribution in [0.3, 0.4) is 0 Å². The monoisotopic (exact) mass is 581 g/mol. The van der Waals surface area contributed by atoms with E-state index in [1.807, 2.05) is 32.9 Å². The van der Waals surface area contributed by atoms with Crippen LogP contribution in [0.1, 0.15) is 32.8 Å². The third-order valence-electron chi connectivity index (χ3n) is 6.55. The Morgan fingerprint density at radius 1 is 0.878 bits per heavy atom. The van der Waals surface area contributed by atoms with E-state index in [-0.39, 0.29) is 29.0 Å². The quantitative estimate of drug-likeness (QED) is 0.301. The molecule has 0 fully saturated rings. The Hall–Kier alpha value is -4.05. The van der Waals surface area contributed by atoms with Gasteiger partial charge in [0, 0.05) is 13.1 Å². The molecule has 220 valence electrons. The minimum Gasteiger partial charge on any atom is -0.497 e. The van der Waals surface area contributed by atoms with E-state index in [0.717, 1.165) is 9.87 Å². The van der Waals surface area contributed by atoms with Gasteiger partial charge >= 0.3 is 0 Å². The van der Waals surface area contributed by atoms with Gasteiger partial charge in [-0.25, -0.2) is 8.42 Å². The summed E-state index contributed by atoms with van der Waals surface area (Å²) in [4.78, 5) is 28.9. The average Bonchev–Trinajstić information content (AvgIpc) is 2.99. The molecule has 9 nitrogen and oxygen atoms in total. The van der Waals surface area contributed by atoms with Gasteiger partial charge in [0.25, 0.3) is 10.0 Å². The minimum atomic E-state index is -4.18. The van der Waals surface area contributed by atoms with E-state index < -0.39 is 28.5 Å². The second kappa shape index (κ2) is 14.5. The van der Waals surface area contributed by atoms with E-state index in [9.17, 15) is 18.0 Å². The largest absolute Gasteiger partial charge is 0.497 e. The molecule has 0 saturated carbocycles. The van der Waals surface area contributed by atoms with Gasteiger partial charge in [0.15, 0.2) is 0 Å². The maximum atomic E-state index is 14.1. The number of hydrogen-bond donors (Lipinski definition) is 1. The predicted octanol–water partition coefficient (Wildman–Crippen LogP) is 4.48. The third-order valence-corrected chi connectivity index (χ3v) is 8.32. The van der Waals surface area contributed by atoms with Crippen molar-refractivity contribution in [2.24, 2.45) is 5.92 Å². The van der Waals surface area contributed by atoms with Crippen molar-refractivity contribution in [3.05, 3.63) is 84.4 Å². The number of amides is 2. The van der Waals surface area contributed by atoms with Crippen LogP contribution in [0.2, 0.25) is 0 Å². The number of hydrogen-bond acceptors (Lipinski definition) is 6. The van der Waals surface area contributed by atoms with Crippen molar-refractivity contribution in [3.8, 4) is 11.5 Å². The smallest absolute Gasteiger partial charge is 0.264 e. The molecule has 0 spiro atoms. The number of anilines is 1. The number of nitrogens with one attached hydrogen (secondary N) is 1. The lowest BCUT2D eigenvalue weighted by Crippen LogP contribution is -2.52. The summed E-state index contributed by atoms with van der Waals surface area (Å²) in [6.07, 6.45) is 0.339. The van der Waals surface area contributed by atoms with Crippen molar-refractivity contribution < 1.29 is 27.5 Å². The van der Waals surface area contributed by atoms with Gasteiger partial charge in [-0.15, -0.1) is 0 Å². The first kappa shape index (κ1) is 31.5. The molecule has 0 saturated heterocycles. The Labute approximate surface area is 243 Å². The van der Waals surface area contributed by atoms with Crippen LogP contribution in [-0.2, 0) is 26.2 Å². The zero-order chi connectivity index (χ0) is 30.0. The normalized spacial score (nSPS) is 12.0. The first-order valence-corrected chi connectivity index (χ1v) is 15.0. The van der Waals surface area contributed by atoms with Gasteiger partial charge in [-0.05, 0) is 54.3 Å². The van der Waals surface area contributed by atoms with Gasteiger partial charge < -0.3 is 19.7 Å². The van der Waals surface area contributed by atoms with E-state index in [1.165, 1.54) is 24.1 Å². The first-order chi connectivity index (χ1) is 19.6. The van der Waals surface area contributed by atoms with Gasteiger partial charge in [0.05, 0.1) is 24.8 Å². The molecular formula is C31H39N3O6S. The summed E-state index contributed by atoms with van der Waals surface area (Å²) < 4.78 is 39.7. The SMILES string of the molecule is CCC(C(=O)NCC(C)C)N(Cc1ccc(OC)cc1)C(=O)CN(c1ccccc1OC)S(=O)(=O)c1ccccc1. The Balaban J connectivity index is 2.06. The van der Waals surface area contributed by atoms with Crippen molar-refractivity contribution in [1.29, 1.82) is 0 Å². The number of para-hydroxylation sites is 2. The van der Waals surface area contributed by atoms with E-state index >= 15 is 0 Å². The Bertz CT molecular complexity index is 1390. The van der Waals surface area contributed by atoms with Crippen LogP contribution in [0.25, 0.3) is 0 Å². The number of ether oxygens (including phenoxy) is 2. The van der Waals surface area contributed by atoms with Crippen LogP contribution >= 0.6 is 0 Å². The molecule has 1 unspecified atom stereocenters. The molecule has 10 heteroatoms. The van der Waals surface area contributed by atoms with Crippen molar-refractivity contribution >= 4 is 27.5 Å². The maximum Gasteiger partial charge on any atom is 0.264 e. The molecule has 3 aromatic rings. The van der Waals surface area contributed by atoms with Gasteiger partial charge in [-0.3, -0.25) is 13.9 Å². The lowest BCUT2D eigenvalue weighted by atomic mass is 10.1. The zero-order valence-electron chi connectivity index (χ0n) is 24.2. The molecule has 3 rings (SSSR count). The van der Waals surface area contributed by atoms with Crippen molar-refractivity contribution in [1.82, 2.24) is 10.2 Å². The molecule has 0 aliphatic carbocycles. The van der Waals surface area contributed by atoms with Gasteiger partial charge in [-0.2, -0.15) is 0 Å². The number of carbonyl (C=O) groups excluding carboxylic acids is 2. The lowest BCUT2D eigenvalue weighted by Gasteiger charge is -2.33. The van der Waals surface area contributed by atoms with E-state index in [1.54, 1.807) is 61.7 Å². The summed E-state index contributed by atoms with van der Waals surface area (Å²) in [7, 11) is -1.18. The molecule has 0 aromatic heterocycles. The summed E-state index contributed by atoms with van der Waals surface area (Å²) >= 11 is 0. The second-order valence-corrected chi connectivity index (χ2v) is 11.8. The summed E-state index contributed by atoms with van der Waals surface area (Å²) in [6, 6.07) is 20.9. The number of sulfonamides is 1. The topological polar surface area (TPSA) is 105 Å². The molecule has 0 heterocycles. The molecule has 41 heavy (non-hydrogen) atoms. The average molecular weight is 582 g/mol. The number of carbonyl (C=O) groups is 2. The van der Waals surface area contributed by atoms with Crippen LogP contribution < -0.4 is 19.1 Å². The van der Waals surface area contributed by atoms with Gasteiger partial charge in [-0.1, -0.05) is 63.2 Å². The molecule has 0 aliphatic rings. The zero-order valence-corrected chi connectivity index (χ0v) is 25.1. The highest BCUT2D eigenvalue weighted by atomic mass is 32.2. The Morgan fingerprint density at radius 3 is 2.10 bits per heavy atom. The van der Waals surface area contributed by atoms with Crippen LogP contribution in [0.5, 0.6) is 11.5 Å².